The van der Waals surface area contributed by atoms with E-state index in [1.54, 1.807) is 6.92 Å². The minimum atomic E-state index is 0.0347. The maximum Gasteiger partial charge on any atom is 0.306 e. The molecule has 238 valence electrons. The van der Waals surface area contributed by atoms with Crippen molar-refractivity contribution in [2.45, 2.75) is 220 Å². The minimum absolute atomic E-state index is 0.0347. The molecular weight excluding hydrogens is 492 g/mol. The predicted octanol–water partition coefficient (Wildman–Crippen LogP) is 12.5. The Labute approximate surface area is 251 Å². The van der Waals surface area contributed by atoms with Crippen molar-refractivity contribution < 1.29 is 14.3 Å². The number of ether oxygens (including phenoxy) is 1. The molecule has 0 aliphatic carbocycles. The second-order valence-electron chi connectivity index (χ2n) is 12.9. The third kappa shape index (κ3) is 28.7. The highest BCUT2D eigenvalue weighted by Gasteiger charge is 2.21. The van der Waals surface area contributed by atoms with Crippen LogP contribution in [-0.4, -0.2) is 17.9 Å². The maximum atomic E-state index is 12.7. The van der Waals surface area contributed by atoms with E-state index in [0.717, 1.165) is 38.5 Å². The van der Waals surface area contributed by atoms with Gasteiger partial charge in [0.15, 0.2) is 0 Å². The molecule has 0 bridgehead atoms. The predicted molar refractivity (Wildman–Crippen MR) is 175 cm³/mol. The van der Waals surface area contributed by atoms with Gasteiger partial charge in [0.05, 0.1) is 0 Å². The molecular formula is C37H72O3. The van der Waals surface area contributed by atoms with Gasteiger partial charge >= 0.3 is 5.97 Å². The molecule has 0 N–H and O–H groups in total. The first-order valence-electron chi connectivity index (χ1n) is 18.2. The lowest BCUT2D eigenvalue weighted by Gasteiger charge is -2.24. The zero-order valence-electron chi connectivity index (χ0n) is 27.9. The third-order valence-corrected chi connectivity index (χ3v) is 8.68. The molecule has 0 fully saturated rings. The smallest absolute Gasteiger partial charge is 0.306 e. The summed E-state index contributed by atoms with van der Waals surface area (Å²) >= 11 is 0. The van der Waals surface area contributed by atoms with Crippen molar-refractivity contribution in [1.29, 1.82) is 0 Å². The van der Waals surface area contributed by atoms with Gasteiger partial charge in [-0.15, -0.1) is 0 Å². The van der Waals surface area contributed by atoms with Crippen molar-refractivity contribution >= 4 is 11.8 Å². The summed E-state index contributed by atoms with van der Waals surface area (Å²) in [6.45, 7) is 8.51. The van der Waals surface area contributed by atoms with Gasteiger partial charge in [-0.1, -0.05) is 162 Å². The molecule has 0 aromatic carbocycles. The van der Waals surface area contributed by atoms with Crippen LogP contribution in [0.25, 0.3) is 0 Å². The first kappa shape index (κ1) is 39.1. The highest BCUT2D eigenvalue weighted by Crippen LogP contribution is 2.23. The van der Waals surface area contributed by atoms with E-state index in [1.165, 1.54) is 141 Å². The number of esters is 1. The molecule has 0 spiro atoms. The van der Waals surface area contributed by atoms with Crippen molar-refractivity contribution in [1.82, 2.24) is 0 Å². The van der Waals surface area contributed by atoms with Crippen LogP contribution in [0.3, 0.4) is 0 Å². The largest absolute Gasteiger partial charge is 0.462 e. The molecule has 40 heavy (non-hydrogen) atoms. The lowest BCUT2D eigenvalue weighted by Crippen LogP contribution is -2.25. The summed E-state index contributed by atoms with van der Waals surface area (Å²) in [4.78, 5) is 23.7. The number of unbranched alkanes of at least 4 members (excludes halogenated alkanes) is 22. The van der Waals surface area contributed by atoms with Crippen molar-refractivity contribution in [3.05, 3.63) is 0 Å². The van der Waals surface area contributed by atoms with Crippen LogP contribution in [0, 0.1) is 5.92 Å². The molecule has 0 aliphatic rings. The average molecular weight is 565 g/mol. The van der Waals surface area contributed by atoms with E-state index < -0.39 is 0 Å². The Hall–Kier alpha value is -0.860. The summed E-state index contributed by atoms with van der Waals surface area (Å²) in [5, 5.41) is 0. The Morgan fingerprint density at radius 1 is 0.475 bits per heavy atom. The second kappa shape index (κ2) is 31.1. The number of Topliss-reactive ketones (excluding diaryl/α,β-unsaturated/α-hetero) is 1. The normalized spacial score (nSPS) is 12.9. The van der Waals surface area contributed by atoms with E-state index in [0.29, 0.717) is 18.1 Å². The molecule has 3 nitrogen and oxygen atoms in total. The monoisotopic (exact) mass is 565 g/mol. The van der Waals surface area contributed by atoms with Crippen LogP contribution < -0.4 is 0 Å². The van der Waals surface area contributed by atoms with E-state index in [1.807, 2.05) is 0 Å². The lowest BCUT2D eigenvalue weighted by molar-refractivity contribution is -0.152. The Balaban J connectivity index is 3.92. The van der Waals surface area contributed by atoms with Crippen LogP contribution in [0.1, 0.15) is 214 Å². The molecule has 0 aliphatic heterocycles. The fourth-order valence-corrected chi connectivity index (χ4v) is 5.83. The van der Waals surface area contributed by atoms with E-state index >= 15 is 0 Å². The maximum absolute atomic E-state index is 12.7. The number of ketones is 1. The average Bonchev–Trinajstić information content (AvgIpc) is 2.93. The topological polar surface area (TPSA) is 43.4 Å². The molecule has 0 radical (unpaired) electrons. The molecule has 0 aromatic heterocycles. The summed E-state index contributed by atoms with van der Waals surface area (Å²) in [5.74, 6) is 0.796. The number of carbonyl (C=O) groups excluding carboxylic acids is 2. The lowest BCUT2D eigenvalue weighted by atomic mass is 9.93. The number of hydrogen-bond donors (Lipinski definition) is 0. The second-order valence-corrected chi connectivity index (χ2v) is 12.9. The van der Waals surface area contributed by atoms with Gasteiger partial charge in [-0.25, -0.2) is 0 Å². The standard InChI is InChI=1S/C37H72O3/c1-5-7-9-11-12-13-14-15-16-17-18-19-20-25-29-33-37(39)40-36(32-28-10-8-6-2)34(3)30-26-23-21-22-24-27-31-35(4)38/h34,36H,5-33H2,1-4H3. The molecule has 0 saturated heterocycles. The molecule has 0 saturated carbocycles. The molecule has 0 rings (SSSR count). The zero-order chi connectivity index (χ0) is 29.5. The van der Waals surface area contributed by atoms with Crippen molar-refractivity contribution in [2.75, 3.05) is 0 Å². The highest BCUT2D eigenvalue weighted by atomic mass is 16.5. The van der Waals surface area contributed by atoms with Gasteiger partial charge in [-0.2, -0.15) is 0 Å². The quantitative estimate of drug-likeness (QED) is 0.0602. The van der Waals surface area contributed by atoms with E-state index in [4.69, 9.17) is 4.74 Å². The Morgan fingerprint density at radius 2 is 0.825 bits per heavy atom. The number of rotatable bonds is 32. The van der Waals surface area contributed by atoms with Gasteiger partial charge < -0.3 is 9.53 Å². The Morgan fingerprint density at radius 3 is 1.27 bits per heavy atom. The van der Waals surface area contributed by atoms with Crippen LogP contribution in [0.4, 0.5) is 0 Å². The van der Waals surface area contributed by atoms with Crippen LogP contribution in [0.5, 0.6) is 0 Å². The van der Waals surface area contributed by atoms with Gasteiger partial charge in [0.1, 0.15) is 11.9 Å². The number of hydrogen-bond acceptors (Lipinski definition) is 3. The Bertz CT molecular complexity index is 544. The summed E-state index contributed by atoms with van der Waals surface area (Å²) in [5.41, 5.74) is 0. The first-order chi connectivity index (χ1) is 19.5. The molecule has 0 heterocycles. The Kier molecular flexibility index (Phi) is 30.4. The summed E-state index contributed by atoms with van der Waals surface area (Å²) in [6, 6.07) is 0. The zero-order valence-corrected chi connectivity index (χ0v) is 27.9. The van der Waals surface area contributed by atoms with Gasteiger partial charge in [0.25, 0.3) is 0 Å². The molecule has 2 unspecified atom stereocenters. The molecule has 0 aromatic rings. The molecule has 0 amide bonds. The van der Waals surface area contributed by atoms with Crippen molar-refractivity contribution in [3.8, 4) is 0 Å². The first-order valence-corrected chi connectivity index (χ1v) is 18.2. The molecule has 2 atom stereocenters. The third-order valence-electron chi connectivity index (χ3n) is 8.68. The fraction of sp³-hybridized carbons (Fsp3) is 0.946. The molecule has 3 heteroatoms. The SMILES string of the molecule is CCCCCCCCCCCCCCCCCC(=O)OC(CCCCCC)C(C)CCCCCCCCC(C)=O. The highest BCUT2D eigenvalue weighted by molar-refractivity contribution is 5.75. The number of carbonyl (C=O) groups is 2. The van der Waals surface area contributed by atoms with Crippen LogP contribution in [-0.2, 0) is 14.3 Å². The van der Waals surface area contributed by atoms with Crippen molar-refractivity contribution in [2.24, 2.45) is 5.92 Å². The van der Waals surface area contributed by atoms with Gasteiger partial charge in [0.2, 0.25) is 0 Å². The van der Waals surface area contributed by atoms with Crippen LogP contribution in [0.15, 0.2) is 0 Å². The fourth-order valence-electron chi connectivity index (χ4n) is 5.83. The summed E-state index contributed by atoms with van der Waals surface area (Å²) in [6.07, 6.45) is 35.9. The summed E-state index contributed by atoms with van der Waals surface area (Å²) in [7, 11) is 0. The minimum Gasteiger partial charge on any atom is -0.462 e. The van der Waals surface area contributed by atoms with Gasteiger partial charge in [-0.3, -0.25) is 4.79 Å². The van der Waals surface area contributed by atoms with Crippen LogP contribution >= 0.6 is 0 Å². The van der Waals surface area contributed by atoms with Gasteiger partial charge in [-0.05, 0) is 44.9 Å². The van der Waals surface area contributed by atoms with E-state index in [-0.39, 0.29) is 12.1 Å². The van der Waals surface area contributed by atoms with Crippen LogP contribution in [0.2, 0.25) is 0 Å². The van der Waals surface area contributed by atoms with E-state index in [2.05, 4.69) is 20.8 Å². The van der Waals surface area contributed by atoms with Crippen molar-refractivity contribution in [3.63, 3.8) is 0 Å². The summed E-state index contributed by atoms with van der Waals surface area (Å²) < 4.78 is 6.07. The van der Waals surface area contributed by atoms with E-state index in [9.17, 15) is 9.59 Å². The van der Waals surface area contributed by atoms with Gasteiger partial charge in [0, 0.05) is 12.8 Å².